The van der Waals surface area contributed by atoms with E-state index in [0.29, 0.717) is 0 Å². The molecule has 0 amide bonds. The standard InChI is InChI=1S/C14H23NO2/c1-5-10(2)17-14(11(3)15)12-6-8-13(16-4)9-7-12/h6-11,14H,5,15H2,1-4H3. The molecule has 0 spiro atoms. The van der Waals surface area contributed by atoms with E-state index in [1.165, 1.54) is 0 Å². The van der Waals surface area contributed by atoms with Crippen LogP contribution in [0.3, 0.4) is 0 Å². The maximum absolute atomic E-state index is 5.99. The molecular formula is C14H23NO2. The third-order valence-corrected chi connectivity index (χ3v) is 2.88. The van der Waals surface area contributed by atoms with Crippen LogP contribution in [0.5, 0.6) is 5.75 Å². The van der Waals surface area contributed by atoms with E-state index >= 15 is 0 Å². The summed E-state index contributed by atoms with van der Waals surface area (Å²) >= 11 is 0. The topological polar surface area (TPSA) is 44.5 Å². The Morgan fingerprint density at radius 2 is 1.76 bits per heavy atom. The largest absolute Gasteiger partial charge is 0.497 e. The normalized spacial score (nSPS) is 16.3. The van der Waals surface area contributed by atoms with Crippen molar-refractivity contribution in [2.75, 3.05) is 7.11 Å². The zero-order valence-corrected chi connectivity index (χ0v) is 11.1. The molecule has 3 heteroatoms. The molecular weight excluding hydrogens is 214 g/mol. The zero-order chi connectivity index (χ0) is 12.8. The fourth-order valence-electron chi connectivity index (χ4n) is 1.65. The predicted molar refractivity (Wildman–Crippen MR) is 70.2 cm³/mol. The third kappa shape index (κ3) is 4.02. The van der Waals surface area contributed by atoms with Gasteiger partial charge in [-0.15, -0.1) is 0 Å². The number of rotatable bonds is 6. The van der Waals surface area contributed by atoms with E-state index in [4.69, 9.17) is 15.2 Å². The van der Waals surface area contributed by atoms with Crippen LogP contribution in [0.4, 0.5) is 0 Å². The molecule has 0 bridgehead atoms. The van der Waals surface area contributed by atoms with Crippen molar-refractivity contribution in [3.8, 4) is 5.75 Å². The van der Waals surface area contributed by atoms with Crippen LogP contribution >= 0.6 is 0 Å². The average Bonchev–Trinajstić information content (AvgIpc) is 2.35. The summed E-state index contributed by atoms with van der Waals surface area (Å²) < 4.78 is 11.1. The van der Waals surface area contributed by atoms with Gasteiger partial charge < -0.3 is 15.2 Å². The zero-order valence-electron chi connectivity index (χ0n) is 11.1. The average molecular weight is 237 g/mol. The molecule has 0 fully saturated rings. The van der Waals surface area contributed by atoms with Crippen molar-refractivity contribution in [3.05, 3.63) is 29.8 Å². The molecule has 0 saturated carbocycles. The Balaban J connectivity index is 2.81. The number of hydrogen-bond acceptors (Lipinski definition) is 3. The van der Waals surface area contributed by atoms with E-state index in [1.807, 2.05) is 31.2 Å². The van der Waals surface area contributed by atoms with Crippen molar-refractivity contribution >= 4 is 0 Å². The van der Waals surface area contributed by atoms with E-state index in [0.717, 1.165) is 17.7 Å². The predicted octanol–water partition coefficient (Wildman–Crippen LogP) is 2.90. The van der Waals surface area contributed by atoms with Gasteiger partial charge in [-0.25, -0.2) is 0 Å². The second-order valence-electron chi connectivity index (χ2n) is 4.41. The van der Waals surface area contributed by atoms with Crippen LogP contribution in [0.25, 0.3) is 0 Å². The lowest BCUT2D eigenvalue weighted by Gasteiger charge is -2.25. The highest BCUT2D eigenvalue weighted by molar-refractivity contribution is 5.29. The van der Waals surface area contributed by atoms with Crippen molar-refractivity contribution < 1.29 is 9.47 Å². The summed E-state index contributed by atoms with van der Waals surface area (Å²) in [5, 5.41) is 0. The first kappa shape index (κ1) is 14.0. The Hall–Kier alpha value is -1.06. The van der Waals surface area contributed by atoms with Crippen molar-refractivity contribution in [1.82, 2.24) is 0 Å². The van der Waals surface area contributed by atoms with Crippen LogP contribution in [-0.4, -0.2) is 19.3 Å². The van der Waals surface area contributed by atoms with Gasteiger partial charge in [-0.05, 0) is 38.0 Å². The molecule has 3 atom stereocenters. The molecule has 1 rings (SSSR count). The number of hydrogen-bond donors (Lipinski definition) is 1. The molecule has 1 aromatic rings. The quantitative estimate of drug-likeness (QED) is 0.827. The summed E-state index contributed by atoms with van der Waals surface area (Å²) in [6, 6.07) is 7.86. The molecule has 1 aromatic carbocycles. The van der Waals surface area contributed by atoms with Crippen molar-refractivity contribution in [2.24, 2.45) is 5.73 Å². The molecule has 17 heavy (non-hydrogen) atoms. The first-order chi connectivity index (χ1) is 8.08. The van der Waals surface area contributed by atoms with Gasteiger partial charge in [-0.2, -0.15) is 0 Å². The minimum absolute atomic E-state index is 0.0302. The second kappa shape index (κ2) is 6.62. The molecule has 3 nitrogen and oxygen atoms in total. The van der Waals surface area contributed by atoms with E-state index in [-0.39, 0.29) is 18.2 Å². The van der Waals surface area contributed by atoms with Gasteiger partial charge in [0.05, 0.1) is 19.3 Å². The number of nitrogens with two attached hydrogens (primary N) is 1. The third-order valence-electron chi connectivity index (χ3n) is 2.88. The van der Waals surface area contributed by atoms with Gasteiger partial charge >= 0.3 is 0 Å². The van der Waals surface area contributed by atoms with Gasteiger partial charge in [0.25, 0.3) is 0 Å². The lowest BCUT2D eigenvalue weighted by molar-refractivity contribution is -0.0161. The highest BCUT2D eigenvalue weighted by Crippen LogP contribution is 2.24. The number of benzene rings is 1. The van der Waals surface area contributed by atoms with E-state index in [1.54, 1.807) is 7.11 Å². The second-order valence-corrected chi connectivity index (χ2v) is 4.41. The summed E-state index contributed by atoms with van der Waals surface area (Å²) in [5.41, 5.74) is 7.08. The smallest absolute Gasteiger partial charge is 0.118 e. The molecule has 0 aliphatic carbocycles. The molecule has 0 aromatic heterocycles. The van der Waals surface area contributed by atoms with Crippen molar-refractivity contribution in [1.29, 1.82) is 0 Å². The summed E-state index contributed by atoms with van der Waals surface area (Å²) in [6.45, 7) is 6.15. The van der Waals surface area contributed by atoms with Crippen LogP contribution in [0, 0.1) is 0 Å². The Morgan fingerprint density at radius 3 is 2.18 bits per heavy atom. The van der Waals surface area contributed by atoms with Crippen LogP contribution < -0.4 is 10.5 Å². The summed E-state index contributed by atoms with van der Waals surface area (Å²) in [5.74, 6) is 0.848. The van der Waals surface area contributed by atoms with Crippen LogP contribution in [0.15, 0.2) is 24.3 Å². The fourth-order valence-corrected chi connectivity index (χ4v) is 1.65. The Bertz CT molecular complexity index is 321. The van der Waals surface area contributed by atoms with Gasteiger partial charge in [0, 0.05) is 6.04 Å². The van der Waals surface area contributed by atoms with Crippen molar-refractivity contribution in [3.63, 3.8) is 0 Å². The fraction of sp³-hybridized carbons (Fsp3) is 0.571. The van der Waals surface area contributed by atoms with E-state index in [9.17, 15) is 0 Å². The van der Waals surface area contributed by atoms with E-state index in [2.05, 4.69) is 13.8 Å². The molecule has 3 unspecified atom stereocenters. The maximum atomic E-state index is 5.99. The minimum atomic E-state index is -0.0594. The lowest BCUT2D eigenvalue weighted by Crippen LogP contribution is -2.29. The Kier molecular flexibility index (Phi) is 5.45. The van der Waals surface area contributed by atoms with Gasteiger partial charge in [0.15, 0.2) is 0 Å². The Morgan fingerprint density at radius 1 is 1.18 bits per heavy atom. The summed E-state index contributed by atoms with van der Waals surface area (Å²) in [7, 11) is 1.66. The molecule has 2 N–H and O–H groups in total. The SMILES string of the molecule is CCC(C)OC(c1ccc(OC)cc1)C(C)N. The first-order valence-corrected chi connectivity index (χ1v) is 6.13. The molecule has 0 saturated heterocycles. The molecule has 0 aliphatic rings. The first-order valence-electron chi connectivity index (χ1n) is 6.13. The van der Waals surface area contributed by atoms with Gasteiger partial charge in [0.2, 0.25) is 0 Å². The van der Waals surface area contributed by atoms with Gasteiger partial charge in [-0.3, -0.25) is 0 Å². The molecule has 0 radical (unpaired) electrons. The van der Waals surface area contributed by atoms with E-state index < -0.39 is 0 Å². The van der Waals surface area contributed by atoms with Gasteiger partial charge in [0.1, 0.15) is 5.75 Å². The minimum Gasteiger partial charge on any atom is -0.497 e. The maximum Gasteiger partial charge on any atom is 0.118 e. The molecule has 0 heterocycles. The highest BCUT2D eigenvalue weighted by Gasteiger charge is 2.19. The molecule has 0 aliphatic heterocycles. The van der Waals surface area contributed by atoms with Crippen LogP contribution in [0.1, 0.15) is 38.9 Å². The molecule has 96 valence electrons. The van der Waals surface area contributed by atoms with Crippen LogP contribution in [-0.2, 0) is 4.74 Å². The van der Waals surface area contributed by atoms with Gasteiger partial charge in [-0.1, -0.05) is 19.1 Å². The number of methoxy groups -OCH3 is 1. The lowest BCUT2D eigenvalue weighted by atomic mass is 10.0. The monoisotopic (exact) mass is 237 g/mol. The van der Waals surface area contributed by atoms with Crippen molar-refractivity contribution in [2.45, 2.75) is 45.4 Å². The summed E-state index contributed by atoms with van der Waals surface area (Å²) in [6.07, 6.45) is 1.14. The Labute approximate surface area is 104 Å². The highest BCUT2D eigenvalue weighted by atomic mass is 16.5. The van der Waals surface area contributed by atoms with Crippen LogP contribution in [0.2, 0.25) is 0 Å². The summed E-state index contributed by atoms with van der Waals surface area (Å²) in [4.78, 5) is 0. The number of ether oxygens (including phenoxy) is 2.